The van der Waals surface area contributed by atoms with Gasteiger partial charge in [0.25, 0.3) is 0 Å². The number of epoxide rings is 2. The van der Waals surface area contributed by atoms with E-state index in [4.69, 9.17) is 28.7 Å². The number of rotatable bonds is 3. The molecule has 0 aromatic carbocycles. The van der Waals surface area contributed by atoms with E-state index in [0.29, 0.717) is 0 Å². The maximum atomic E-state index is 6.77. The molecule has 17 heavy (non-hydrogen) atoms. The van der Waals surface area contributed by atoms with Crippen molar-refractivity contribution in [2.75, 3.05) is 24.9 Å². The van der Waals surface area contributed by atoms with E-state index in [9.17, 15) is 0 Å². The molecule has 1 unspecified atom stereocenters. The van der Waals surface area contributed by atoms with Crippen LogP contribution in [0.25, 0.3) is 0 Å². The minimum absolute atomic E-state index is 0. The third kappa shape index (κ3) is 27.1. The van der Waals surface area contributed by atoms with Crippen molar-refractivity contribution in [1.82, 2.24) is 0 Å². The van der Waals surface area contributed by atoms with E-state index in [2.05, 4.69) is 43.4 Å². The summed E-state index contributed by atoms with van der Waals surface area (Å²) in [6, 6.07) is 0. The normalized spacial score (nSPS) is 31.3. The van der Waals surface area contributed by atoms with Crippen molar-refractivity contribution in [3.8, 4) is 0 Å². The second-order valence-electron chi connectivity index (χ2n) is 2.32. The zero-order valence-corrected chi connectivity index (χ0v) is 13.8. The number of ether oxygens (including phenoxy) is 2. The SMILES string of the molecule is C.CC[CH-]I.O.[2H]C1([2H])OC1CCl.[2H]C1([2H])O[C@@H]1CCl.[V]. The van der Waals surface area contributed by atoms with Gasteiger partial charge in [-0.25, -0.2) is 0 Å². The number of alkyl halides is 2. The molecule has 0 bridgehead atoms. The van der Waals surface area contributed by atoms with E-state index in [-0.39, 0.29) is 55.4 Å². The summed E-state index contributed by atoms with van der Waals surface area (Å²) in [6.45, 7) is -0.712. The summed E-state index contributed by atoms with van der Waals surface area (Å²) in [5.41, 5.74) is 0. The molecule has 0 saturated carbocycles. The molecule has 1 radical (unpaired) electrons. The van der Waals surface area contributed by atoms with Crippen molar-refractivity contribution in [2.24, 2.45) is 0 Å². The van der Waals surface area contributed by atoms with Gasteiger partial charge in [-0.2, -0.15) is 6.42 Å². The molecule has 0 aromatic heterocycles. The summed E-state index contributed by atoms with van der Waals surface area (Å²) in [7, 11) is 0. The predicted molar refractivity (Wildman–Crippen MR) is 79.9 cm³/mol. The number of hydrogen-bond acceptors (Lipinski definition) is 2. The van der Waals surface area contributed by atoms with Crippen LogP contribution in [0.3, 0.4) is 0 Å². The van der Waals surface area contributed by atoms with Crippen LogP contribution < -0.4 is 0 Å². The second-order valence-corrected chi connectivity index (χ2v) is 3.82. The molecule has 3 nitrogen and oxygen atoms in total. The fourth-order valence-corrected chi connectivity index (χ4v) is 0.474. The van der Waals surface area contributed by atoms with Crippen LogP contribution >= 0.6 is 45.8 Å². The molecule has 2 heterocycles. The van der Waals surface area contributed by atoms with Gasteiger partial charge in [0.05, 0.1) is 42.6 Å². The average Bonchev–Trinajstić information content (AvgIpc) is 3.15. The van der Waals surface area contributed by atoms with Crippen molar-refractivity contribution in [1.29, 1.82) is 0 Å². The molecule has 2 N–H and O–H groups in total. The Kier molecular flexibility index (Phi) is 19.9. The predicted octanol–water partition coefficient (Wildman–Crippen LogP) is 3.05. The summed E-state index contributed by atoms with van der Waals surface area (Å²) in [5.74, 6) is 0.514. The van der Waals surface area contributed by atoms with E-state index < -0.39 is 13.1 Å². The third-order valence-electron chi connectivity index (χ3n) is 1.00. The zero-order valence-electron chi connectivity index (χ0n) is 12.8. The molecule has 2 fully saturated rings. The molecule has 2 atom stereocenters. The van der Waals surface area contributed by atoms with Crippen LogP contribution in [0.15, 0.2) is 0 Å². The smallest absolute Gasteiger partial charge is 0.0944 e. The van der Waals surface area contributed by atoms with E-state index in [1.807, 2.05) is 0 Å². The third-order valence-corrected chi connectivity index (χ3v) is 2.45. The standard InChI is InChI=1S/2C3H5ClO.C3H6I.CH4.H2O.V/c2*4-1-3-2-5-3;1-2-3-4;;;/h2*3H,1-2H2;3H,2H2,1H3;1H4;1H2;/q;;-1;;;/t3-;;;;;/m1...../s1/i2*2D2;;;;. The van der Waals surface area contributed by atoms with Gasteiger partial charge in [-0.15, -0.1) is 23.2 Å². The maximum Gasteiger partial charge on any atom is 0.0944 e. The Morgan fingerprint density at radius 2 is 1.53 bits per heavy atom. The van der Waals surface area contributed by atoms with Crippen molar-refractivity contribution < 1.29 is 39.0 Å². The second kappa shape index (κ2) is 20.1. The first-order valence-corrected chi connectivity index (χ1v) is 6.46. The van der Waals surface area contributed by atoms with Gasteiger partial charge < -0.3 is 37.5 Å². The Bertz CT molecular complexity index is 232. The van der Waals surface area contributed by atoms with E-state index in [1.54, 1.807) is 0 Å². The van der Waals surface area contributed by atoms with Gasteiger partial charge in [-0.05, 0) is 0 Å². The van der Waals surface area contributed by atoms with Gasteiger partial charge in [-0.3, -0.25) is 4.43 Å². The summed E-state index contributed by atoms with van der Waals surface area (Å²) >= 11 is 12.7. The van der Waals surface area contributed by atoms with E-state index in [1.165, 1.54) is 6.42 Å². The molecule has 2 rings (SSSR count). The minimum atomic E-state index is -1.41. The topological polar surface area (TPSA) is 56.6 Å². The minimum Gasteiger partial charge on any atom is -0.412 e. The van der Waals surface area contributed by atoms with Gasteiger partial charge in [-0.1, -0.05) is 14.4 Å². The van der Waals surface area contributed by atoms with E-state index in [0.717, 1.165) is 0 Å². The Balaban J connectivity index is -0.0000001000. The van der Waals surface area contributed by atoms with Gasteiger partial charge in [0.15, 0.2) is 0 Å². The first-order valence-electron chi connectivity index (χ1n) is 6.14. The van der Waals surface area contributed by atoms with Gasteiger partial charge in [0.1, 0.15) is 0 Å². The molecule has 107 valence electrons. The van der Waals surface area contributed by atoms with Gasteiger partial charge in [0, 0.05) is 18.6 Å². The monoisotopic (exact) mass is 442 g/mol. The van der Waals surface area contributed by atoms with Crippen LogP contribution in [0.2, 0.25) is 0 Å². The largest absolute Gasteiger partial charge is 0.412 e. The van der Waals surface area contributed by atoms with Crippen LogP contribution in [-0.2, 0) is 28.0 Å². The van der Waals surface area contributed by atoms with Crippen molar-refractivity contribution in [2.45, 2.75) is 33.0 Å². The van der Waals surface area contributed by atoms with Gasteiger partial charge in [0.2, 0.25) is 0 Å². The fourth-order valence-electron chi connectivity index (χ4n) is 0.222. The van der Waals surface area contributed by atoms with Crippen LogP contribution in [0.1, 0.15) is 26.3 Å². The van der Waals surface area contributed by atoms with Crippen LogP contribution in [0.4, 0.5) is 0 Å². The van der Waals surface area contributed by atoms with Crippen molar-refractivity contribution in [3.05, 3.63) is 4.43 Å². The molecule has 2 saturated heterocycles. The molecule has 0 spiro atoms. The molecular weight excluding hydrogens is 417 g/mol. The molecule has 0 aromatic rings. The summed E-state index contributed by atoms with van der Waals surface area (Å²) in [6.07, 6.45) is 0.476. The Hall–Kier alpha value is 1.77. The van der Waals surface area contributed by atoms with Crippen LogP contribution in [0.5, 0.6) is 0 Å². The first kappa shape index (κ1) is 16.8. The average molecular weight is 443 g/mol. The Morgan fingerprint density at radius 3 is 1.53 bits per heavy atom. The van der Waals surface area contributed by atoms with Crippen molar-refractivity contribution >= 4 is 45.8 Å². The Morgan fingerprint density at radius 1 is 1.29 bits per heavy atom. The van der Waals surface area contributed by atoms with E-state index >= 15 is 0 Å². The molecule has 2 aliphatic rings. The molecule has 7 heteroatoms. The molecule has 2 aliphatic heterocycles. The zero-order chi connectivity index (χ0) is 14.4. The number of halogens is 3. The first-order chi connectivity index (χ1) is 8.25. The Labute approximate surface area is 146 Å². The summed E-state index contributed by atoms with van der Waals surface area (Å²) < 4.78 is 38.1. The van der Waals surface area contributed by atoms with Crippen LogP contribution in [0, 0.1) is 4.43 Å². The quantitative estimate of drug-likeness (QED) is 0.292. The van der Waals surface area contributed by atoms with Gasteiger partial charge >= 0.3 is 0 Å². The maximum absolute atomic E-state index is 6.77. The van der Waals surface area contributed by atoms with Crippen molar-refractivity contribution in [3.63, 3.8) is 0 Å². The summed E-state index contributed by atoms with van der Waals surface area (Å²) in [5, 5.41) is 0. The molecule has 0 amide bonds. The van der Waals surface area contributed by atoms with Crippen LogP contribution in [-0.4, -0.2) is 42.6 Å². The fraction of sp³-hybridized carbons (Fsp3) is 0.900. The molecular formula is C10H22Cl2IO3V-. The number of hydrogen-bond donors (Lipinski definition) is 0. The molecule has 0 aliphatic carbocycles. The summed E-state index contributed by atoms with van der Waals surface area (Å²) in [4.78, 5) is 0.